The molecular weight excluding hydrogens is 363 g/mol. The van der Waals surface area contributed by atoms with Gasteiger partial charge in [-0.2, -0.15) is 14.9 Å². The summed E-state index contributed by atoms with van der Waals surface area (Å²) in [7, 11) is 0. The first-order valence-corrected chi connectivity index (χ1v) is 9.04. The number of nitrogens with one attached hydrogen (secondary N) is 1. The Bertz CT molecular complexity index is 1020. The molecule has 3 aromatic rings. The molecule has 0 fully saturated rings. The third-order valence-electron chi connectivity index (χ3n) is 4.04. The van der Waals surface area contributed by atoms with Gasteiger partial charge in [0, 0.05) is 0 Å². The largest absolute Gasteiger partial charge is 0.485 e. The Labute approximate surface area is 162 Å². The van der Waals surface area contributed by atoms with Crippen molar-refractivity contribution in [2.75, 3.05) is 0 Å². The van der Waals surface area contributed by atoms with Crippen LogP contribution < -0.4 is 4.74 Å². The molecule has 27 heavy (non-hydrogen) atoms. The van der Waals surface area contributed by atoms with Gasteiger partial charge in [0.2, 0.25) is 4.77 Å². The van der Waals surface area contributed by atoms with Crippen molar-refractivity contribution in [3.05, 3.63) is 75.6 Å². The zero-order valence-electron chi connectivity index (χ0n) is 15.4. The summed E-state index contributed by atoms with van der Waals surface area (Å²) in [5.74, 6) is 1.37. The first-order chi connectivity index (χ1) is 12.9. The van der Waals surface area contributed by atoms with Crippen LogP contribution in [0.15, 0.2) is 47.6 Å². The average Bonchev–Trinajstić information content (AvgIpc) is 2.98. The molecule has 0 unspecified atom stereocenters. The average molecular weight is 384 g/mol. The SMILES string of the molecule is Cc1ccc(C(C)C)c(OCc2n[nH]c(=S)n2/N=C\c2cccc(F)c2)c1. The number of H-pyrrole nitrogens is 1. The summed E-state index contributed by atoms with van der Waals surface area (Å²) in [6.07, 6.45) is 1.53. The molecule has 7 heteroatoms. The second-order valence-electron chi connectivity index (χ2n) is 6.54. The van der Waals surface area contributed by atoms with Gasteiger partial charge in [-0.3, -0.25) is 0 Å². The minimum Gasteiger partial charge on any atom is -0.485 e. The van der Waals surface area contributed by atoms with Gasteiger partial charge < -0.3 is 4.74 Å². The topological polar surface area (TPSA) is 55.2 Å². The van der Waals surface area contributed by atoms with Crippen LogP contribution in [0.1, 0.15) is 42.3 Å². The van der Waals surface area contributed by atoms with E-state index in [1.807, 2.05) is 13.0 Å². The van der Waals surface area contributed by atoms with E-state index in [0.717, 1.165) is 16.9 Å². The van der Waals surface area contributed by atoms with E-state index < -0.39 is 0 Å². The molecular formula is C20H21FN4OS. The highest BCUT2D eigenvalue weighted by Crippen LogP contribution is 2.28. The van der Waals surface area contributed by atoms with Crippen molar-refractivity contribution in [3.8, 4) is 5.75 Å². The fourth-order valence-electron chi connectivity index (χ4n) is 2.63. The van der Waals surface area contributed by atoms with Crippen molar-refractivity contribution in [1.82, 2.24) is 14.9 Å². The highest BCUT2D eigenvalue weighted by molar-refractivity contribution is 7.71. The Morgan fingerprint density at radius 1 is 1.30 bits per heavy atom. The molecule has 0 saturated carbocycles. The van der Waals surface area contributed by atoms with Crippen molar-refractivity contribution in [2.45, 2.75) is 33.3 Å². The highest BCUT2D eigenvalue weighted by Gasteiger charge is 2.11. The lowest BCUT2D eigenvalue weighted by atomic mass is 10.0. The highest BCUT2D eigenvalue weighted by atomic mass is 32.1. The van der Waals surface area contributed by atoms with Crippen molar-refractivity contribution in [2.24, 2.45) is 5.10 Å². The molecule has 2 aromatic carbocycles. The minimum absolute atomic E-state index is 0.205. The van der Waals surface area contributed by atoms with Crippen LogP contribution in [0.2, 0.25) is 0 Å². The number of aryl methyl sites for hydroxylation is 1. The van der Waals surface area contributed by atoms with Crippen LogP contribution in [-0.2, 0) is 6.61 Å². The molecule has 0 bridgehead atoms. The van der Waals surface area contributed by atoms with Crippen LogP contribution in [-0.4, -0.2) is 21.1 Å². The van der Waals surface area contributed by atoms with Crippen LogP contribution >= 0.6 is 12.2 Å². The van der Waals surface area contributed by atoms with Gasteiger partial charge in [-0.1, -0.05) is 38.1 Å². The van der Waals surface area contributed by atoms with Gasteiger partial charge in [0.05, 0.1) is 6.21 Å². The van der Waals surface area contributed by atoms with E-state index in [2.05, 4.69) is 41.3 Å². The standard InChI is InChI=1S/C20H21FN4OS/c1-13(2)17-8-7-14(3)9-18(17)26-12-19-23-24-20(27)25(19)22-11-15-5-4-6-16(21)10-15/h4-11,13H,12H2,1-3H3,(H,24,27)/b22-11-. The minimum atomic E-state index is -0.320. The van der Waals surface area contributed by atoms with Crippen LogP contribution in [0.3, 0.4) is 0 Å². The Kier molecular flexibility index (Phi) is 5.81. The van der Waals surface area contributed by atoms with E-state index in [4.69, 9.17) is 17.0 Å². The molecule has 0 spiro atoms. The molecule has 140 valence electrons. The number of benzene rings is 2. The molecule has 0 radical (unpaired) electrons. The first kappa shape index (κ1) is 19.0. The van der Waals surface area contributed by atoms with Gasteiger partial charge in [0.25, 0.3) is 0 Å². The van der Waals surface area contributed by atoms with E-state index in [-0.39, 0.29) is 12.4 Å². The van der Waals surface area contributed by atoms with E-state index in [1.165, 1.54) is 23.0 Å². The smallest absolute Gasteiger partial charge is 0.216 e. The quantitative estimate of drug-likeness (QED) is 0.482. The van der Waals surface area contributed by atoms with Gasteiger partial charge in [-0.05, 0) is 59.9 Å². The normalized spacial score (nSPS) is 11.4. The maximum absolute atomic E-state index is 13.3. The molecule has 1 aromatic heterocycles. The predicted octanol–water partition coefficient (Wildman–Crippen LogP) is 4.97. The van der Waals surface area contributed by atoms with Crippen molar-refractivity contribution in [3.63, 3.8) is 0 Å². The zero-order chi connectivity index (χ0) is 19.4. The molecule has 0 aliphatic carbocycles. The fourth-order valence-corrected chi connectivity index (χ4v) is 2.83. The Hall–Kier alpha value is -2.80. The molecule has 0 saturated heterocycles. The van der Waals surface area contributed by atoms with E-state index >= 15 is 0 Å². The number of nitrogens with zero attached hydrogens (tertiary/aromatic N) is 3. The van der Waals surface area contributed by atoms with Crippen LogP contribution in [0.25, 0.3) is 0 Å². The van der Waals surface area contributed by atoms with E-state index in [9.17, 15) is 4.39 Å². The first-order valence-electron chi connectivity index (χ1n) is 8.63. The third-order valence-corrected chi connectivity index (χ3v) is 4.30. The maximum Gasteiger partial charge on any atom is 0.216 e. The summed E-state index contributed by atoms with van der Waals surface area (Å²) in [5.41, 5.74) is 2.88. The molecule has 0 amide bonds. The summed E-state index contributed by atoms with van der Waals surface area (Å²) in [6.45, 7) is 6.47. The lowest BCUT2D eigenvalue weighted by Crippen LogP contribution is -2.06. The number of ether oxygens (including phenoxy) is 1. The molecule has 0 aliphatic heterocycles. The summed E-state index contributed by atoms with van der Waals surface area (Å²) in [6, 6.07) is 12.3. The molecule has 1 heterocycles. The second kappa shape index (κ2) is 8.26. The predicted molar refractivity (Wildman–Crippen MR) is 106 cm³/mol. The summed E-state index contributed by atoms with van der Waals surface area (Å²) >= 11 is 5.23. The Morgan fingerprint density at radius 2 is 2.11 bits per heavy atom. The lowest BCUT2D eigenvalue weighted by molar-refractivity contribution is 0.286. The Morgan fingerprint density at radius 3 is 2.85 bits per heavy atom. The van der Waals surface area contributed by atoms with Gasteiger partial charge in [-0.25, -0.2) is 9.49 Å². The van der Waals surface area contributed by atoms with Crippen LogP contribution in [0.4, 0.5) is 4.39 Å². The van der Waals surface area contributed by atoms with Gasteiger partial charge in [0.15, 0.2) is 5.82 Å². The molecule has 0 atom stereocenters. The molecule has 5 nitrogen and oxygen atoms in total. The monoisotopic (exact) mass is 384 g/mol. The zero-order valence-corrected chi connectivity index (χ0v) is 16.3. The third kappa shape index (κ3) is 4.68. The number of rotatable bonds is 6. The summed E-state index contributed by atoms with van der Waals surface area (Å²) in [4.78, 5) is 0. The second-order valence-corrected chi connectivity index (χ2v) is 6.93. The summed E-state index contributed by atoms with van der Waals surface area (Å²) < 4.78 is 21.1. The number of aromatic amines is 1. The maximum atomic E-state index is 13.3. The summed E-state index contributed by atoms with van der Waals surface area (Å²) in [5, 5.41) is 11.2. The van der Waals surface area contributed by atoms with Crippen LogP contribution in [0, 0.1) is 17.5 Å². The van der Waals surface area contributed by atoms with Gasteiger partial charge in [-0.15, -0.1) is 0 Å². The molecule has 0 aliphatic rings. The van der Waals surface area contributed by atoms with Gasteiger partial charge >= 0.3 is 0 Å². The number of halogens is 1. The number of aromatic nitrogens is 3. The van der Waals surface area contributed by atoms with Gasteiger partial charge in [0.1, 0.15) is 18.2 Å². The fraction of sp³-hybridized carbons (Fsp3) is 0.250. The number of hydrogen-bond donors (Lipinski definition) is 1. The molecule has 3 rings (SSSR count). The van der Waals surface area contributed by atoms with E-state index in [0.29, 0.717) is 22.1 Å². The van der Waals surface area contributed by atoms with Crippen molar-refractivity contribution < 1.29 is 9.13 Å². The lowest BCUT2D eigenvalue weighted by Gasteiger charge is -2.14. The van der Waals surface area contributed by atoms with Crippen molar-refractivity contribution in [1.29, 1.82) is 0 Å². The van der Waals surface area contributed by atoms with Crippen molar-refractivity contribution >= 4 is 18.4 Å². The number of hydrogen-bond acceptors (Lipinski definition) is 4. The molecule has 1 N–H and O–H groups in total. The van der Waals surface area contributed by atoms with Crippen LogP contribution in [0.5, 0.6) is 5.75 Å². The Balaban J connectivity index is 1.82. The van der Waals surface area contributed by atoms with E-state index in [1.54, 1.807) is 12.1 Å².